The first-order valence-electron chi connectivity index (χ1n) is 9.75. The number of sulfone groups is 1. The van der Waals surface area contributed by atoms with Gasteiger partial charge in [-0.25, -0.2) is 13.4 Å². The highest BCUT2D eigenvalue weighted by molar-refractivity contribution is 7.91. The van der Waals surface area contributed by atoms with Crippen molar-refractivity contribution in [1.29, 1.82) is 0 Å². The van der Waals surface area contributed by atoms with Gasteiger partial charge < -0.3 is 10.2 Å². The number of nitrogens with one attached hydrogen (secondary N) is 1. The molecule has 1 atom stereocenters. The summed E-state index contributed by atoms with van der Waals surface area (Å²) in [6.45, 7) is 7.54. The van der Waals surface area contributed by atoms with E-state index in [1.54, 1.807) is 6.20 Å². The van der Waals surface area contributed by atoms with Crippen LogP contribution in [0.15, 0.2) is 11.6 Å². The summed E-state index contributed by atoms with van der Waals surface area (Å²) in [7, 11) is -2.95. The molecule has 9 nitrogen and oxygen atoms in total. The topological polar surface area (TPSA) is 100 Å². The zero-order chi connectivity index (χ0) is 20.6. The molecule has 1 unspecified atom stereocenters. The predicted octanol–water partition coefficient (Wildman–Crippen LogP) is 1.08. The molecule has 2 aliphatic rings. The lowest BCUT2D eigenvalue weighted by molar-refractivity contribution is -0.117. The number of aryl methyl sites for hydroxylation is 1. The van der Waals surface area contributed by atoms with E-state index in [2.05, 4.69) is 25.2 Å². The Hall–Kier alpha value is -1.98. The number of hydrogen-bond acceptors (Lipinski definition) is 8. The Morgan fingerprint density at radius 2 is 2.03 bits per heavy atom. The van der Waals surface area contributed by atoms with Crippen LogP contribution >= 0.6 is 11.3 Å². The van der Waals surface area contributed by atoms with Crippen LogP contribution in [0.4, 0.5) is 10.8 Å². The molecule has 11 heteroatoms. The first kappa shape index (κ1) is 20.3. The van der Waals surface area contributed by atoms with Crippen LogP contribution in [0.1, 0.15) is 23.9 Å². The van der Waals surface area contributed by atoms with Crippen LogP contribution in [0.3, 0.4) is 0 Å². The van der Waals surface area contributed by atoms with Gasteiger partial charge in [-0.05, 0) is 20.3 Å². The number of piperazine rings is 1. The van der Waals surface area contributed by atoms with Crippen molar-refractivity contribution in [3.63, 3.8) is 0 Å². The van der Waals surface area contributed by atoms with E-state index in [0.29, 0.717) is 18.1 Å². The first-order valence-corrected chi connectivity index (χ1v) is 12.5. The number of amides is 1. The third-order valence-electron chi connectivity index (χ3n) is 5.58. The second-order valence-electron chi connectivity index (χ2n) is 7.67. The molecule has 2 aromatic heterocycles. The lowest BCUT2D eigenvalue weighted by Crippen LogP contribution is -2.49. The van der Waals surface area contributed by atoms with Crippen molar-refractivity contribution in [3.05, 3.63) is 23.0 Å². The molecule has 2 aliphatic heterocycles. The summed E-state index contributed by atoms with van der Waals surface area (Å²) in [6, 6.07) is -0.0664. The first-order chi connectivity index (χ1) is 13.8. The van der Waals surface area contributed by atoms with Crippen molar-refractivity contribution in [2.24, 2.45) is 0 Å². The average molecular weight is 439 g/mol. The number of aromatic nitrogens is 3. The van der Waals surface area contributed by atoms with E-state index in [9.17, 15) is 13.2 Å². The minimum absolute atomic E-state index is 0.0453. The van der Waals surface area contributed by atoms with E-state index in [-0.39, 0.29) is 23.5 Å². The second-order valence-corrected chi connectivity index (χ2v) is 10.8. The fraction of sp³-hybridized carbons (Fsp3) is 0.611. The highest BCUT2D eigenvalue weighted by Gasteiger charge is 2.32. The minimum atomic E-state index is -2.95. The normalized spacial score (nSPS) is 22.1. The van der Waals surface area contributed by atoms with Crippen molar-refractivity contribution in [2.45, 2.75) is 26.3 Å². The molecule has 0 spiro atoms. The van der Waals surface area contributed by atoms with E-state index >= 15 is 0 Å². The summed E-state index contributed by atoms with van der Waals surface area (Å²) < 4.78 is 25.6. The van der Waals surface area contributed by atoms with E-state index < -0.39 is 9.84 Å². The van der Waals surface area contributed by atoms with Crippen molar-refractivity contribution >= 4 is 37.9 Å². The highest BCUT2D eigenvalue weighted by atomic mass is 32.2. The van der Waals surface area contributed by atoms with Crippen molar-refractivity contribution in [2.75, 3.05) is 54.4 Å². The van der Waals surface area contributed by atoms with E-state index in [1.165, 1.54) is 11.3 Å². The fourth-order valence-corrected chi connectivity index (χ4v) is 6.45. The van der Waals surface area contributed by atoms with Gasteiger partial charge in [-0.3, -0.25) is 14.4 Å². The molecule has 0 aliphatic carbocycles. The Bertz CT molecular complexity index is 978. The third-order valence-corrected chi connectivity index (χ3v) is 8.01. The Balaban J connectivity index is 1.37. The monoisotopic (exact) mass is 438 g/mol. The zero-order valence-electron chi connectivity index (χ0n) is 16.7. The number of thiazole rings is 1. The molecule has 0 bridgehead atoms. The van der Waals surface area contributed by atoms with Gasteiger partial charge in [0.2, 0.25) is 5.91 Å². The van der Waals surface area contributed by atoms with Crippen LogP contribution in [0.2, 0.25) is 0 Å². The molecule has 2 aromatic rings. The van der Waals surface area contributed by atoms with Gasteiger partial charge in [-0.1, -0.05) is 0 Å². The Morgan fingerprint density at radius 3 is 2.66 bits per heavy atom. The number of rotatable bonds is 5. The van der Waals surface area contributed by atoms with Gasteiger partial charge in [0.05, 0.1) is 41.2 Å². The maximum absolute atomic E-state index is 12.2. The molecule has 2 fully saturated rings. The standard InChI is InChI=1S/C18H26N6O3S2/c1-13-17(14(2)24(21-13)15-3-10-29(26,27)12-15)23-7-5-22(6-8-23)11-16(25)20-18-19-4-9-28-18/h4,9,15H,3,5-8,10-12H2,1-2H3,(H,19,20,25). The number of carbonyl (C=O) groups is 1. The Labute approximate surface area is 174 Å². The van der Waals surface area contributed by atoms with Crippen LogP contribution in [-0.4, -0.2) is 78.2 Å². The van der Waals surface area contributed by atoms with Gasteiger partial charge in [0, 0.05) is 37.8 Å². The van der Waals surface area contributed by atoms with Gasteiger partial charge >= 0.3 is 0 Å². The molecular weight excluding hydrogens is 412 g/mol. The molecule has 0 aromatic carbocycles. The quantitative estimate of drug-likeness (QED) is 0.745. The van der Waals surface area contributed by atoms with Gasteiger partial charge in [-0.15, -0.1) is 11.3 Å². The second kappa shape index (κ2) is 8.04. The zero-order valence-corrected chi connectivity index (χ0v) is 18.3. The number of anilines is 2. The predicted molar refractivity (Wildman–Crippen MR) is 113 cm³/mol. The molecule has 0 radical (unpaired) electrons. The smallest absolute Gasteiger partial charge is 0.240 e. The van der Waals surface area contributed by atoms with Crippen LogP contribution < -0.4 is 10.2 Å². The van der Waals surface area contributed by atoms with Crippen LogP contribution in [0.5, 0.6) is 0 Å². The van der Waals surface area contributed by atoms with Gasteiger partial charge in [0.1, 0.15) is 0 Å². The molecular formula is C18H26N6O3S2. The maximum Gasteiger partial charge on any atom is 0.240 e. The molecule has 4 heterocycles. The van der Waals surface area contributed by atoms with Crippen LogP contribution in [0, 0.1) is 13.8 Å². The summed E-state index contributed by atoms with van der Waals surface area (Å²) in [5, 5.41) is 9.95. The van der Waals surface area contributed by atoms with Crippen LogP contribution in [-0.2, 0) is 14.6 Å². The minimum Gasteiger partial charge on any atom is -0.366 e. The molecule has 2 saturated heterocycles. The third kappa shape index (κ3) is 4.46. The number of nitrogens with zero attached hydrogens (tertiary/aromatic N) is 5. The van der Waals surface area contributed by atoms with Gasteiger partial charge in [0.25, 0.3) is 0 Å². The van der Waals surface area contributed by atoms with Crippen molar-refractivity contribution in [3.8, 4) is 0 Å². The number of carbonyl (C=O) groups excluding carboxylic acids is 1. The van der Waals surface area contributed by atoms with Crippen LogP contribution in [0.25, 0.3) is 0 Å². The largest absolute Gasteiger partial charge is 0.366 e. The SMILES string of the molecule is Cc1nn(C2CCS(=O)(=O)C2)c(C)c1N1CCN(CC(=O)Nc2nccs2)CC1. The van der Waals surface area contributed by atoms with Gasteiger partial charge in [-0.2, -0.15) is 5.10 Å². The summed E-state index contributed by atoms with van der Waals surface area (Å²) in [5.41, 5.74) is 3.06. The lowest BCUT2D eigenvalue weighted by atomic mass is 10.2. The Morgan fingerprint density at radius 1 is 1.28 bits per heavy atom. The van der Waals surface area contributed by atoms with Crippen molar-refractivity contribution in [1.82, 2.24) is 19.7 Å². The average Bonchev–Trinajstić information content (AvgIpc) is 3.36. The van der Waals surface area contributed by atoms with E-state index in [4.69, 9.17) is 0 Å². The van der Waals surface area contributed by atoms with Gasteiger partial charge in [0.15, 0.2) is 15.0 Å². The highest BCUT2D eigenvalue weighted by Crippen LogP contribution is 2.31. The maximum atomic E-state index is 12.2. The summed E-state index contributed by atoms with van der Waals surface area (Å²) >= 11 is 1.41. The van der Waals surface area contributed by atoms with E-state index in [1.807, 2.05) is 23.9 Å². The molecule has 158 valence electrons. The summed E-state index contributed by atoms with van der Waals surface area (Å²) in [4.78, 5) is 20.7. The van der Waals surface area contributed by atoms with Crippen molar-refractivity contribution < 1.29 is 13.2 Å². The molecule has 1 N–H and O–H groups in total. The summed E-state index contributed by atoms with van der Waals surface area (Å²) in [5.74, 6) is 0.375. The number of hydrogen-bond donors (Lipinski definition) is 1. The Kier molecular flexibility index (Phi) is 5.63. The fourth-order valence-electron chi connectivity index (χ4n) is 4.21. The molecule has 1 amide bonds. The molecule has 29 heavy (non-hydrogen) atoms. The van der Waals surface area contributed by atoms with E-state index in [0.717, 1.165) is 43.3 Å². The summed E-state index contributed by atoms with van der Waals surface area (Å²) in [6.07, 6.45) is 2.30. The lowest BCUT2D eigenvalue weighted by Gasteiger charge is -2.35. The molecule has 0 saturated carbocycles. The molecule has 4 rings (SSSR count).